The maximum Gasteiger partial charge on any atom is 0.213 e. The first-order chi connectivity index (χ1) is 7.43. The predicted molar refractivity (Wildman–Crippen MR) is 63.4 cm³/mol. The Labute approximate surface area is 96.5 Å². The highest BCUT2D eigenvalue weighted by molar-refractivity contribution is 5.17. The van der Waals surface area contributed by atoms with Crippen LogP contribution in [0, 0.1) is 0 Å². The van der Waals surface area contributed by atoms with E-state index in [0.29, 0.717) is 12.3 Å². The van der Waals surface area contributed by atoms with E-state index in [1.165, 1.54) is 0 Å². The molecule has 1 heterocycles. The Hall–Kier alpha value is -1.13. The van der Waals surface area contributed by atoms with Gasteiger partial charge in [0.05, 0.1) is 12.7 Å². The SMILES string of the molecule is CC(C)Oc1cccc(CC(C)(N)CO)n1. The summed E-state index contributed by atoms with van der Waals surface area (Å²) < 4.78 is 5.49. The number of rotatable bonds is 5. The van der Waals surface area contributed by atoms with Crippen molar-refractivity contribution in [3.63, 3.8) is 0 Å². The lowest BCUT2D eigenvalue weighted by atomic mass is 9.98. The molecule has 4 heteroatoms. The van der Waals surface area contributed by atoms with Gasteiger partial charge in [0.25, 0.3) is 0 Å². The van der Waals surface area contributed by atoms with E-state index in [1.807, 2.05) is 32.0 Å². The third-order valence-electron chi connectivity index (χ3n) is 2.08. The summed E-state index contributed by atoms with van der Waals surface area (Å²) in [6.07, 6.45) is 0.628. The molecular formula is C12H20N2O2. The molecule has 0 aliphatic heterocycles. The van der Waals surface area contributed by atoms with Crippen LogP contribution in [0.2, 0.25) is 0 Å². The molecule has 1 atom stereocenters. The van der Waals surface area contributed by atoms with Crippen LogP contribution in [-0.2, 0) is 6.42 Å². The smallest absolute Gasteiger partial charge is 0.213 e. The van der Waals surface area contributed by atoms with Crippen LogP contribution in [0.5, 0.6) is 5.88 Å². The first-order valence-electron chi connectivity index (χ1n) is 5.45. The summed E-state index contributed by atoms with van der Waals surface area (Å²) in [4.78, 5) is 4.33. The topological polar surface area (TPSA) is 68.4 Å². The molecule has 0 bridgehead atoms. The van der Waals surface area contributed by atoms with Gasteiger partial charge in [-0.05, 0) is 26.8 Å². The Morgan fingerprint density at radius 1 is 1.50 bits per heavy atom. The van der Waals surface area contributed by atoms with Gasteiger partial charge in [-0.1, -0.05) is 6.07 Å². The number of hydrogen-bond acceptors (Lipinski definition) is 4. The molecular weight excluding hydrogens is 204 g/mol. The number of pyridine rings is 1. The molecule has 1 unspecified atom stereocenters. The van der Waals surface area contributed by atoms with Gasteiger partial charge in [0.15, 0.2) is 0 Å². The highest BCUT2D eigenvalue weighted by atomic mass is 16.5. The summed E-state index contributed by atoms with van der Waals surface area (Å²) in [5.41, 5.74) is 6.06. The Kier molecular flexibility index (Phi) is 4.26. The zero-order valence-electron chi connectivity index (χ0n) is 10.1. The summed E-state index contributed by atoms with van der Waals surface area (Å²) in [5.74, 6) is 0.598. The minimum atomic E-state index is -0.635. The number of aliphatic hydroxyl groups excluding tert-OH is 1. The lowest BCUT2D eigenvalue weighted by molar-refractivity contribution is 0.205. The molecule has 1 aromatic rings. The van der Waals surface area contributed by atoms with Crippen molar-refractivity contribution in [2.75, 3.05) is 6.61 Å². The van der Waals surface area contributed by atoms with Crippen LogP contribution in [0.1, 0.15) is 26.5 Å². The third-order valence-corrected chi connectivity index (χ3v) is 2.08. The van der Waals surface area contributed by atoms with Crippen molar-refractivity contribution in [1.29, 1.82) is 0 Å². The number of aromatic nitrogens is 1. The van der Waals surface area contributed by atoms with Crippen LogP contribution in [-0.4, -0.2) is 28.3 Å². The van der Waals surface area contributed by atoms with Gasteiger partial charge in [-0.3, -0.25) is 0 Å². The minimum absolute atomic E-state index is 0.0655. The summed E-state index contributed by atoms with van der Waals surface area (Å²) in [5, 5.41) is 9.09. The Balaban J connectivity index is 2.74. The number of aliphatic hydroxyl groups is 1. The van der Waals surface area contributed by atoms with E-state index in [2.05, 4.69) is 4.98 Å². The van der Waals surface area contributed by atoms with E-state index >= 15 is 0 Å². The van der Waals surface area contributed by atoms with Crippen molar-refractivity contribution in [3.05, 3.63) is 23.9 Å². The lowest BCUT2D eigenvalue weighted by Crippen LogP contribution is -2.42. The molecule has 0 saturated heterocycles. The molecule has 0 fully saturated rings. The van der Waals surface area contributed by atoms with Crippen LogP contribution in [0.4, 0.5) is 0 Å². The quantitative estimate of drug-likeness (QED) is 0.786. The zero-order valence-corrected chi connectivity index (χ0v) is 10.1. The van der Waals surface area contributed by atoms with Crippen molar-refractivity contribution in [2.45, 2.75) is 38.8 Å². The Morgan fingerprint density at radius 2 is 2.19 bits per heavy atom. The fraction of sp³-hybridized carbons (Fsp3) is 0.583. The molecule has 0 aromatic carbocycles. The van der Waals surface area contributed by atoms with Crippen LogP contribution < -0.4 is 10.5 Å². The molecule has 0 saturated carbocycles. The Bertz CT molecular complexity index is 338. The van der Waals surface area contributed by atoms with Crippen LogP contribution >= 0.6 is 0 Å². The summed E-state index contributed by atoms with van der Waals surface area (Å²) in [7, 11) is 0. The highest BCUT2D eigenvalue weighted by Gasteiger charge is 2.18. The van der Waals surface area contributed by atoms with E-state index in [9.17, 15) is 0 Å². The standard InChI is InChI=1S/C12H20N2O2/c1-9(2)16-11-6-4-5-10(14-11)7-12(3,13)8-15/h4-6,9,15H,7-8,13H2,1-3H3. The molecule has 4 nitrogen and oxygen atoms in total. The van der Waals surface area contributed by atoms with Crippen LogP contribution in [0.3, 0.4) is 0 Å². The van der Waals surface area contributed by atoms with Crippen LogP contribution in [0.25, 0.3) is 0 Å². The number of hydrogen-bond donors (Lipinski definition) is 2. The van der Waals surface area contributed by atoms with Gasteiger partial charge < -0.3 is 15.6 Å². The van der Waals surface area contributed by atoms with E-state index in [0.717, 1.165) is 5.69 Å². The van der Waals surface area contributed by atoms with Gasteiger partial charge in [-0.15, -0.1) is 0 Å². The van der Waals surface area contributed by atoms with Gasteiger partial charge >= 0.3 is 0 Å². The van der Waals surface area contributed by atoms with E-state index in [4.69, 9.17) is 15.6 Å². The van der Waals surface area contributed by atoms with Gasteiger partial charge in [0, 0.05) is 23.7 Å². The molecule has 1 aromatic heterocycles. The van der Waals surface area contributed by atoms with Gasteiger partial charge in [0.2, 0.25) is 5.88 Å². The normalized spacial score (nSPS) is 14.9. The molecule has 0 aliphatic rings. The fourth-order valence-electron chi connectivity index (χ4n) is 1.33. The van der Waals surface area contributed by atoms with Gasteiger partial charge in [-0.25, -0.2) is 4.98 Å². The minimum Gasteiger partial charge on any atom is -0.475 e. The largest absolute Gasteiger partial charge is 0.475 e. The molecule has 0 aliphatic carbocycles. The summed E-state index contributed by atoms with van der Waals surface area (Å²) in [6.45, 7) is 5.64. The second-order valence-corrected chi connectivity index (χ2v) is 4.62. The lowest BCUT2D eigenvalue weighted by Gasteiger charge is -2.21. The van der Waals surface area contributed by atoms with Crippen molar-refractivity contribution >= 4 is 0 Å². The molecule has 1 rings (SSSR count). The second kappa shape index (κ2) is 5.27. The average molecular weight is 224 g/mol. The molecule has 90 valence electrons. The van der Waals surface area contributed by atoms with E-state index in [1.54, 1.807) is 6.92 Å². The maximum absolute atomic E-state index is 9.09. The molecule has 0 spiro atoms. The molecule has 0 amide bonds. The molecule has 0 radical (unpaired) electrons. The third kappa shape index (κ3) is 4.16. The Morgan fingerprint density at radius 3 is 2.75 bits per heavy atom. The van der Waals surface area contributed by atoms with Crippen LogP contribution in [0.15, 0.2) is 18.2 Å². The monoisotopic (exact) mass is 224 g/mol. The van der Waals surface area contributed by atoms with Gasteiger partial charge in [0.1, 0.15) is 0 Å². The average Bonchev–Trinajstić information content (AvgIpc) is 2.16. The van der Waals surface area contributed by atoms with Crippen molar-refractivity contribution in [1.82, 2.24) is 4.98 Å². The number of ether oxygens (including phenoxy) is 1. The highest BCUT2D eigenvalue weighted by Crippen LogP contribution is 2.13. The maximum atomic E-state index is 9.09. The molecule has 16 heavy (non-hydrogen) atoms. The predicted octanol–water partition coefficient (Wildman–Crippen LogP) is 1.12. The van der Waals surface area contributed by atoms with Crippen molar-refractivity contribution < 1.29 is 9.84 Å². The van der Waals surface area contributed by atoms with E-state index in [-0.39, 0.29) is 12.7 Å². The zero-order chi connectivity index (χ0) is 12.2. The number of nitrogens with zero attached hydrogens (tertiary/aromatic N) is 1. The van der Waals surface area contributed by atoms with Crippen molar-refractivity contribution in [2.24, 2.45) is 5.73 Å². The summed E-state index contributed by atoms with van der Waals surface area (Å²) >= 11 is 0. The second-order valence-electron chi connectivity index (χ2n) is 4.62. The first-order valence-corrected chi connectivity index (χ1v) is 5.45. The number of nitrogens with two attached hydrogens (primary N) is 1. The van der Waals surface area contributed by atoms with Crippen molar-refractivity contribution in [3.8, 4) is 5.88 Å². The molecule has 3 N–H and O–H groups in total. The first kappa shape index (κ1) is 12.9. The fourth-order valence-corrected chi connectivity index (χ4v) is 1.33. The van der Waals surface area contributed by atoms with E-state index < -0.39 is 5.54 Å². The summed E-state index contributed by atoms with van der Waals surface area (Å²) in [6, 6.07) is 5.58. The van der Waals surface area contributed by atoms with Gasteiger partial charge in [-0.2, -0.15) is 0 Å².